The topological polar surface area (TPSA) is 68.2 Å². The third-order valence-corrected chi connectivity index (χ3v) is 5.15. The molecule has 0 spiro atoms. The van der Waals surface area contributed by atoms with Gasteiger partial charge in [0.1, 0.15) is 18.2 Å². The molecule has 0 aliphatic carbocycles. The Morgan fingerprint density at radius 1 is 1.14 bits per heavy atom. The number of thiazole rings is 1. The second-order valence-corrected chi connectivity index (χ2v) is 7.42. The Kier molecular flexibility index (Phi) is 5.48. The van der Waals surface area contributed by atoms with Crippen LogP contribution in [0.25, 0.3) is 10.9 Å². The Morgan fingerprint density at radius 2 is 2.00 bits per heavy atom. The van der Waals surface area contributed by atoms with E-state index in [2.05, 4.69) is 15.0 Å². The molecule has 2 aromatic carbocycles. The highest BCUT2D eigenvalue weighted by Crippen LogP contribution is 2.18. The first kappa shape index (κ1) is 19.0. The number of nitrogens with zero attached hydrogens (tertiary/aromatic N) is 4. The molecule has 146 valence electrons. The molecule has 0 aliphatic rings. The Hall–Kier alpha value is -3.32. The van der Waals surface area contributed by atoms with Gasteiger partial charge in [0.25, 0.3) is 5.91 Å². The van der Waals surface area contributed by atoms with Crippen LogP contribution in [0.15, 0.2) is 59.4 Å². The first-order valence-electron chi connectivity index (χ1n) is 9.18. The van der Waals surface area contributed by atoms with E-state index in [1.54, 1.807) is 29.6 Å². The summed E-state index contributed by atoms with van der Waals surface area (Å²) in [5, 5.41) is 2.96. The third kappa shape index (κ3) is 4.41. The molecular weight excluding hydrogens is 384 g/mol. The molecule has 4 aromatic rings. The molecule has 0 unspecified atom stereocenters. The van der Waals surface area contributed by atoms with E-state index in [-0.39, 0.29) is 5.91 Å². The fourth-order valence-electron chi connectivity index (χ4n) is 3.05. The van der Waals surface area contributed by atoms with E-state index < -0.39 is 0 Å². The van der Waals surface area contributed by atoms with Crippen molar-refractivity contribution >= 4 is 28.1 Å². The van der Waals surface area contributed by atoms with Crippen molar-refractivity contribution in [2.45, 2.75) is 20.1 Å². The number of aromatic nitrogens is 3. The Labute approximate surface area is 172 Å². The smallest absolute Gasteiger partial charge is 0.254 e. The lowest BCUT2D eigenvalue weighted by atomic mass is 10.2. The number of aryl methyl sites for hydroxylation is 1. The van der Waals surface area contributed by atoms with E-state index in [9.17, 15) is 4.79 Å². The van der Waals surface area contributed by atoms with Crippen molar-refractivity contribution in [2.24, 2.45) is 0 Å². The van der Waals surface area contributed by atoms with Crippen LogP contribution in [0.4, 0.5) is 0 Å². The van der Waals surface area contributed by atoms with Crippen molar-refractivity contribution in [3.63, 3.8) is 0 Å². The highest BCUT2D eigenvalue weighted by Gasteiger charge is 2.15. The fourth-order valence-corrected chi connectivity index (χ4v) is 3.60. The van der Waals surface area contributed by atoms with Crippen LogP contribution < -0.4 is 4.74 Å². The Morgan fingerprint density at radius 3 is 2.83 bits per heavy atom. The predicted molar refractivity (Wildman–Crippen MR) is 113 cm³/mol. The molecular formula is C22H20N4O2S. The maximum Gasteiger partial charge on any atom is 0.254 e. The van der Waals surface area contributed by atoms with Crippen LogP contribution in [-0.2, 0) is 13.2 Å². The maximum absolute atomic E-state index is 12.9. The first-order valence-corrected chi connectivity index (χ1v) is 10.1. The van der Waals surface area contributed by atoms with Gasteiger partial charge >= 0.3 is 0 Å². The van der Waals surface area contributed by atoms with E-state index in [0.717, 1.165) is 22.3 Å². The minimum atomic E-state index is -0.112. The molecule has 2 aromatic heterocycles. The van der Waals surface area contributed by atoms with Crippen molar-refractivity contribution in [1.29, 1.82) is 0 Å². The molecule has 2 heterocycles. The number of para-hydroxylation sites is 1. The monoisotopic (exact) mass is 404 g/mol. The first-order chi connectivity index (χ1) is 14.1. The van der Waals surface area contributed by atoms with Gasteiger partial charge in [-0.05, 0) is 31.2 Å². The van der Waals surface area contributed by atoms with Crippen LogP contribution >= 0.6 is 11.3 Å². The van der Waals surface area contributed by atoms with Crippen molar-refractivity contribution in [1.82, 2.24) is 19.9 Å². The van der Waals surface area contributed by atoms with Crippen LogP contribution in [-0.4, -0.2) is 32.8 Å². The minimum Gasteiger partial charge on any atom is -0.487 e. The summed E-state index contributed by atoms with van der Waals surface area (Å²) < 4.78 is 5.75. The van der Waals surface area contributed by atoms with E-state index in [1.165, 1.54) is 11.3 Å². The van der Waals surface area contributed by atoms with E-state index in [4.69, 9.17) is 4.74 Å². The van der Waals surface area contributed by atoms with Gasteiger partial charge in [0.15, 0.2) is 0 Å². The molecule has 0 atom stereocenters. The molecule has 0 saturated carbocycles. The lowest BCUT2D eigenvalue weighted by Gasteiger charge is -2.17. The Bertz CT molecular complexity index is 1140. The molecule has 0 saturated heterocycles. The fraction of sp³-hybridized carbons (Fsp3) is 0.182. The largest absolute Gasteiger partial charge is 0.487 e. The zero-order chi connectivity index (χ0) is 20.2. The van der Waals surface area contributed by atoms with Gasteiger partial charge in [0.05, 0.1) is 23.3 Å². The van der Waals surface area contributed by atoms with Gasteiger partial charge < -0.3 is 9.64 Å². The molecule has 4 rings (SSSR count). The molecule has 6 nitrogen and oxygen atoms in total. The molecule has 0 N–H and O–H groups in total. The van der Waals surface area contributed by atoms with Crippen molar-refractivity contribution in [2.75, 3.05) is 7.05 Å². The molecule has 0 radical (unpaired) electrons. The van der Waals surface area contributed by atoms with Gasteiger partial charge in [-0.25, -0.2) is 15.0 Å². The quantitative estimate of drug-likeness (QED) is 0.481. The van der Waals surface area contributed by atoms with Crippen molar-refractivity contribution in [3.8, 4) is 5.75 Å². The van der Waals surface area contributed by atoms with Crippen LogP contribution in [0.2, 0.25) is 0 Å². The number of hydrogen-bond acceptors (Lipinski definition) is 6. The van der Waals surface area contributed by atoms with E-state index >= 15 is 0 Å². The van der Waals surface area contributed by atoms with Gasteiger partial charge in [-0.15, -0.1) is 11.3 Å². The number of hydrogen-bond donors (Lipinski definition) is 0. The molecule has 29 heavy (non-hydrogen) atoms. The molecule has 0 fully saturated rings. The number of carbonyl (C=O) groups excluding carboxylic acids is 1. The maximum atomic E-state index is 12.9. The second kappa shape index (κ2) is 8.36. The summed E-state index contributed by atoms with van der Waals surface area (Å²) in [7, 11) is 1.75. The standard InChI is InChI=1S/C22H20N4O2S/c1-15-19-8-3-4-9-20(19)25-21(24-15)11-26(2)22(27)16-6-5-7-18(10-16)28-12-17-13-29-14-23-17/h3-10,13-14H,11-12H2,1-2H3. The normalized spacial score (nSPS) is 10.8. The van der Waals surface area contributed by atoms with Crippen LogP contribution in [0.1, 0.15) is 27.6 Å². The van der Waals surface area contributed by atoms with E-state index in [0.29, 0.717) is 30.3 Å². The van der Waals surface area contributed by atoms with E-state index in [1.807, 2.05) is 48.7 Å². The van der Waals surface area contributed by atoms with Crippen LogP contribution in [0, 0.1) is 6.92 Å². The number of ether oxygens (including phenoxy) is 1. The summed E-state index contributed by atoms with van der Waals surface area (Å²) in [6, 6.07) is 15.0. The van der Waals surface area contributed by atoms with Gasteiger partial charge in [-0.1, -0.05) is 24.3 Å². The van der Waals surface area contributed by atoms with Gasteiger partial charge in [-0.3, -0.25) is 4.79 Å². The van der Waals surface area contributed by atoms with Crippen LogP contribution in [0.5, 0.6) is 5.75 Å². The van der Waals surface area contributed by atoms with Crippen LogP contribution in [0.3, 0.4) is 0 Å². The predicted octanol–water partition coefficient (Wildman–Crippen LogP) is 4.25. The lowest BCUT2D eigenvalue weighted by molar-refractivity contribution is 0.0781. The average molecular weight is 404 g/mol. The SMILES string of the molecule is Cc1nc(CN(C)C(=O)c2cccc(OCc3cscn3)c2)nc2ccccc12. The highest BCUT2D eigenvalue weighted by atomic mass is 32.1. The molecule has 0 bridgehead atoms. The summed E-state index contributed by atoms with van der Waals surface area (Å²) in [6.07, 6.45) is 0. The number of rotatable bonds is 6. The number of carbonyl (C=O) groups is 1. The van der Waals surface area contributed by atoms with Crippen molar-refractivity contribution < 1.29 is 9.53 Å². The lowest BCUT2D eigenvalue weighted by Crippen LogP contribution is -2.27. The highest BCUT2D eigenvalue weighted by molar-refractivity contribution is 7.07. The molecule has 0 aliphatic heterocycles. The zero-order valence-electron chi connectivity index (χ0n) is 16.2. The molecule has 7 heteroatoms. The van der Waals surface area contributed by atoms with Gasteiger partial charge in [0.2, 0.25) is 0 Å². The summed E-state index contributed by atoms with van der Waals surface area (Å²) in [5.74, 6) is 1.14. The Balaban J connectivity index is 1.47. The number of amides is 1. The number of benzene rings is 2. The second-order valence-electron chi connectivity index (χ2n) is 6.70. The minimum absolute atomic E-state index is 0.112. The van der Waals surface area contributed by atoms with Crippen molar-refractivity contribution in [3.05, 3.63) is 82.2 Å². The van der Waals surface area contributed by atoms with Gasteiger partial charge in [-0.2, -0.15) is 0 Å². The summed E-state index contributed by atoms with van der Waals surface area (Å²) in [5.41, 5.74) is 4.98. The third-order valence-electron chi connectivity index (χ3n) is 4.52. The average Bonchev–Trinajstić information content (AvgIpc) is 3.26. The zero-order valence-corrected chi connectivity index (χ0v) is 17.0. The summed E-state index contributed by atoms with van der Waals surface area (Å²) in [4.78, 5) is 27.8. The van der Waals surface area contributed by atoms with Gasteiger partial charge in [0, 0.05) is 29.1 Å². The summed E-state index contributed by atoms with van der Waals surface area (Å²) in [6.45, 7) is 2.66. The summed E-state index contributed by atoms with van der Waals surface area (Å²) >= 11 is 1.53. The number of fused-ring (bicyclic) bond motifs is 1. The molecule has 1 amide bonds.